The van der Waals surface area contributed by atoms with Crippen LogP contribution in [0, 0.1) is 3.57 Å². The van der Waals surface area contributed by atoms with E-state index in [-0.39, 0.29) is 0 Å². The Kier molecular flexibility index (Phi) is 4.47. The molecule has 2 rings (SSSR count). The minimum absolute atomic E-state index is 0.849. The summed E-state index contributed by atoms with van der Waals surface area (Å²) in [5.41, 5.74) is 3.68. The van der Waals surface area contributed by atoms with Crippen LogP contribution in [-0.2, 0) is 6.54 Å². The van der Waals surface area contributed by atoms with Crippen molar-refractivity contribution >= 4 is 34.0 Å². The van der Waals surface area contributed by atoms with E-state index in [4.69, 9.17) is 0 Å². The molecule has 1 N–H and O–H groups in total. The van der Waals surface area contributed by atoms with Crippen molar-refractivity contribution in [1.82, 2.24) is 0 Å². The molecule has 94 valence electrons. The summed E-state index contributed by atoms with van der Waals surface area (Å²) in [5.74, 6) is 0. The molecule has 2 aromatic rings. The first kappa shape index (κ1) is 13.2. The quantitative estimate of drug-likeness (QED) is 0.838. The Morgan fingerprint density at radius 3 is 2.56 bits per heavy atom. The van der Waals surface area contributed by atoms with Gasteiger partial charge in [0.05, 0.1) is 11.4 Å². The zero-order valence-corrected chi connectivity index (χ0v) is 12.8. The van der Waals surface area contributed by atoms with E-state index in [1.165, 1.54) is 20.5 Å². The summed E-state index contributed by atoms with van der Waals surface area (Å²) in [4.78, 5) is 2.12. The summed E-state index contributed by atoms with van der Waals surface area (Å²) >= 11 is 2.34. The van der Waals surface area contributed by atoms with Crippen LogP contribution in [-0.4, -0.2) is 14.1 Å². The van der Waals surface area contributed by atoms with Gasteiger partial charge < -0.3 is 10.2 Å². The molecule has 0 aliphatic rings. The molecule has 0 spiro atoms. The first-order valence-corrected chi connectivity index (χ1v) is 6.99. The average Bonchev–Trinajstić information content (AvgIpc) is 2.37. The summed E-state index contributed by atoms with van der Waals surface area (Å²) in [7, 11) is 4.12. The van der Waals surface area contributed by atoms with Crippen molar-refractivity contribution in [1.29, 1.82) is 0 Å². The molecule has 0 atom stereocenters. The van der Waals surface area contributed by atoms with Crippen molar-refractivity contribution < 1.29 is 0 Å². The predicted molar refractivity (Wildman–Crippen MR) is 87.3 cm³/mol. The smallest absolute Gasteiger partial charge is 0.0596 e. The highest BCUT2D eigenvalue weighted by Crippen LogP contribution is 2.24. The van der Waals surface area contributed by atoms with Gasteiger partial charge in [-0.05, 0) is 52.4 Å². The maximum Gasteiger partial charge on any atom is 0.0596 e. The van der Waals surface area contributed by atoms with E-state index in [1.807, 2.05) is 0 Å². The van der Waals surface area contributed by atoms with Crippen LogP contribution in [0.4, 0.5) is 11.4 Å². The van der Waals surface area contributed by atoms with Gasteiger partial charge in [0.2, 0.25) is 0 Å². The second-order valence-electron chi connectivity index (χ2n) is 4.40. The van der Waals surface area contributed by atoms with E-state index in [9.17, 15) is 0 Å². The molecule has 0 aliphatic heterocycles. The van der Waals surface area contributed by atoms with Gasteiger partial charge in [0, 0.05) is 24.2 Å². The standard InChI is InChI=1S/C15H17IN2/c1-18(2)15-9-4-3-8-14(15)17-11-12-6-5-7-13(16)10-12/h3-10,17H,11H2,1-2H3. The number of nitrogens with zero attached hydrogens (tertiary/aromatic N) is 1. The maximum atomic E-state index is 3.49. The number of hydrogen-bond donors (Lipinski definition) is 1. The van der Waals surface area contributed by atoms with Crippen molar-refractivity contribution in [2.75, 3.05) is 24.3 Å². The molecule has 0 fully saturated rings. The zero-order chi connectivity index (χ0) is 13.0. The lowest BCUT2D eigenvalue weighted by atomic mass is 10.2. The molecule has 0 saturated carbocycles. The van der Waals surface area contributed by atoms with E-state index >= 15 is 0 Å². The lowest BCUT2D eigenvalue weighted by Gasteiger charge is -2.18. The third kappa shape index (κ3) is 3.38. The molecule has 0 saturated heterocycles. The summed E-state index contributed by atoms with van der Waals surface area (Å²) in [6, 6.07) is 16.9. The molecule has 0 heterocycles. The van der Waals surface area contributed by atoms with E-state index < -0.39 is 0 Å². The van der Waals surface area contributed by atoms with Crippen LogP contribution in [0.5, 0.6) is 0 Å². The van der Waals surface area contributed by atoms with Crippen LogP contribution < -0.4 is 10.2 Å². The molecule has 2 aromatic carbocycles. The number of para-hydroxylation sites is 2. The van der Waals surface area contributed by atoms with Crippen LogP contribution in [0.25, 0.3) is 0 Å². The third-order valence-corrected chi connectivity index (χ3v) is 3.43. The normalized spacial score (nSPS) is 10.2. The van der Waals surface area contributed by atoms with Crippen LogP contribution >= 0.6 is 22.6 Å². The summed E-state index contributed by atoms with van der Waals surface area (Å²) in [5, 5.41) is 3.49. The second-order valence-corrected chi connectivity index (χ2v) is 5.64. The summed E-state index contributed by atoms with van der Waals surface area (Å²) < 4.78 is 1.27. The lowest BCUT2D eigenvalue weighted by Crippen LogP contribution is -2.12. The molecule has 0 aromatic heterocycles. The van der Waals surface area contributed by atoms with Gasteiger partial charge in [0.25, 0.3) is 0 Å². The molecule has 0 radical (unpaired) electrons. The molecule has 2 nitrogen and oxygen atoms in total. The fourth-order valence-corrected chi connectivity index (χ4v) is 2.46. The average molecular weight is 352 g/mol. The van der Waals surface area contributed by atoms with Crippen molar-refractivity contribution in [3.05, 3.63) is 57.7 Å². The number of hydrogen-bond acceptors (Lipinski definition) is 2. The zero-order valence-electron chi connectivity index (χ0n) is 10.7. The van der Waals surface area contributed by atoms with Gasteiger partial charge in [-0.25, -0.2) is 0 Å². The van der Waals surface area contributed by atoms with Crippen molar-refractivity contribution in [2.24, 2.45) is 0 Å². The number of anilines is 2. The van der Waals surface area contributed by atoms with Crippen molar-refractivity contribution in [3.63, 3.8) is 0 Å². The Morgan fingerprint density at radius 1 is 1.06 bits per heavy atom. The van der Waals surface area contributed by atoms with Crippen LogP contribution in [0.1, 0.15) is 5.56 Å². The molecular formula is C15H17IN2. The van der Waals surface area contributed by atoms with E-state index in [2.05, 4.69) is 95.4 Å². The highest BCUT2D eigenvalue weighted by Gasteiger charge is 2.02. The molecule has 3 heteroatoms. The minimum Gasteiger partial charge on any atom is -0.379 e. The number of benzene rings is 2. The van der Waals surface area contributed by atoms with E-state index in [0.29, 0.717) is 0 Å². The lowest BCUT2D eigenvalue weighted by molar-refractivity contribution is 1.10. The van der Waals surface area contributed by atoms with E-state index in [1.54, 1.807) is 0 Å². The highest BCUT2D eigenvalue weighted by molar-refractivity contribution is 14.1. The fourth-order valence-electron chi connectivity index (χ4n) is 1.86. The number of nitrogens with one attached hydrogen (secondary N) is 1. The monoisotopic (exact) mass is 352 g/mol. The van der Waals surface area contributed by atoms with Gasteiger partial charge in [-0.1, -0.05) is 24.3 Å². The second kappa shape index (κ2) is 6.09. The maximum absolute atomic E-state index is 3.49. The minimum atomic E-state index is 0.849. The third-order valence-electron chi connectivity index (χ3n) is 2.76. The Hall–Kier alpha value is -1.23. The van der Waals surface area contributed by atoms with Crippen LogP contribution in [0.2, 0.25) is 0 Å². The predicted octanol–water partition coefficient (Wildman–Crippen LogP) is 3.97. The van der Waals surface area contributed by atoms with Gasteiger partial charge in [-0.3, -0.25) is 0 Å². The van der Waals surface area contributed by atoms with Crippen LogP contribution in [0.15, 0.2) is 48.5 Å². The first-order chi connectivity index (χ1) is 8.66. The number of rotatable bonds is 4. The molecular weight excluding hydrogens is 335 g/mol. The molecule has 0 unspecified atom stereocenters. The van der Waals surface area contributed by atoms with E-state index in [0.717, 1.165) is 6.54 Å². The molecule has 0 amide bonds. The van der Waals surface area contributed by atoms with Crippen LogP contribution in [0.3, 0.4) is 0 Å². The first-order valence-electron chi connectivity index (χ1n) is 5.91. The van der Waals surface area contributed by atoms with Gasteiger partial charge in [-0.2, -0.15) is 0 Å². The largest absolute Gasteiger partial charge is 0.379 e. The van der Waals surface area contributed by atoms with Gasteiger partial charge in [0.15, 0.2) is 0 Å². The molecule has 18 heavy (non-hydrogen) atoms. The summed E-state index contributed by atoms with van der Waals surface area (Å²) in [6.07, 6.45) is 0. The topological polar surface area (TPSA) is 15.3 Å². The van der Waals surface area contributed by atoms with Crippen molar-refractivity contribution in [3.8, 4) is 0 Å². The van der Waals surface area contributed by atoms with Gasteiger partial charge in [0.1, 0.15) is 0 Å². The Balaban J connectivity index is 2.11. The highest BCUT2D eigenvalue weighted by atomic mass is 127. The molecule has 0 aliphatic carbocycles. The van der Waals surface area contributed by atoms with Gasteiger partial charge in [-0.15, -0.1) is 0 Å². The van der Waals surface area contributed by atoms with Gasteiger partial charge >= 0.3 is 0 Å². The van der Waals surface area contributed by atoms with Crippen molar-refractivity contribution in [2.45, 2.75) is 6.54 Å². The Morgan fingerprint density at radius 2 is 1.83 bits per heavy atom. The number of halogens is 1. The summed E-state index contributed by atoms with van der Waals surface area (Å²) in [6.45, 7) is 0.849. The SMILES string of the molecule is CN(C)c1ccccc1NCc1cccc(I)c1. The Labute approximate surface area is 122 Å². The fraction of sp³-hybridized carbons (Fsp3) is 0.200. The Bertz CT molecular complexity index is 523. The molecule has 0 bridgehead atoms.